The number of unbranched alkanes of at least 4 members (excludes halogenated alkanes) is 2. The Bertz CT molecular complexity index is 1280. The molecule has 0 atom stereocenters. The van der Waals surface area contributed by atoms with Crippen molar-refractivity contribution in [2.24, 2.45) is 0 Å². The molecule has 190 valence electrons. The number of sulfonamides is 1. The van der Waals surface area contributed by atoms with Gasteiger partial charge < -0.3 is 14.8 Å². The summed E-state index contributed by atoms with van der Waals surface area (Å²) in [6, 6.07) is 12.6. The molecule has 1 amide bonds. The molecule has 10 nitrogen and oxygen atoms in total. The molecule has 0 aliphatic carbocycles. The molecule has 3 rings (SSSR count). The molecule has 2 aromatic carbocycles. The van der Waals surface area contributed by atoms with Gasteiger partial charge in [0.1, 0.15) is 5.75 Å². The van der Waals surface area contributed by atoms with Gasteiger partial charge >= 0.3 is 0 Å². The number of nitrogens with zero attached hydrogens (tertiary/aromatic N) is 2. The minimum atomic E-state index is -3.93. The van der Waals surface area contributed by atoms with Crippen molar-refractivity contribution in [2.75, 3.05) is 23.8 Å². The molecule has 0 unspecified atom stereocenters. The van der Waals surface area contributed by atoms with E-state index in [1.165, 1.54) is 43.8 Å². The van der Waals surface area contributed by atoms with Gasteiger partial charge in [-0.2, -0.15) is 0 Å². The molecule has 0 spiro atoms. The average molecular weight is 530 g/mol. The van der Waals surface area contributed by atoms with Crippen molar-refractivity contribution in [1.82, 2.24) is 15.3 Å². The Morgan fingerprint density at radius 1 is 1.00 bits per heavy atom. The lowest BCUT2D eigenvalue weighted by molar-refractivity contribution is 0.0977. The van der Waals surface area contributed by atoms with Gasteiger partial charge in [0.2, 0.25) is 5.82 Å². The molecule has 3 N–H and O–H groups in total. The first kappa shape index (κ1) is 26.8. The van der Waals surface area contributed by atoms with E-state index >= 15 is 0 Å². The Morgan fingerprint density at radius 2 is 1.69 bits per heavy atom. The summed E-state index contributed by atoms with van der Waals surface area (Å²) in [6.45, 7) is 2.77. The van der Waals surface area contributed by atoms with Crippen molar-refractivity contribution in [1.29, 1.82) is 0 Å². The second kappa shape index (κ2) is 12.8. The summed E-state index contributed by atoms with van der Waals surface area (Å²) in [5.41, 5.74) is 0.916. The van der Waals surface area contributed by atoms with E-state index in [-0.39, 0.29) is 27.6 Å². The maximum Gasteiger partial charge on any atom is 0.263 e. The molecule has 0 saturated carbocycles. The number of thiocarbonyl (C=S) groups is 1. The number of ether oxygens (including phenoxy) is 2. The Labute approximate surface area is 215 Å². The molecule has 0 aliphatic rings. The molecule has 0 aliphatic heterocycles. The van der Waals surface area contributed by atoms with Crippen LogP contribution >= 0.6 is 12.2 Å². The average Bonchev–Trinajstić information content (AvgIpc) is 2.87. The van der Waals surface area contributed by atoms with E-state index in [0.29, 0.717) is 23.6 Å². The van der Waals surface area contributed by atoms with Crippen molar-refractivity contribution >= 4 is 44.8 Å². The van der Waals surface area contributed by atoms with Gasteiger partial charge in [0.15, 0.2) is 5.11 Å². The highest BCUT2D eigenvalue weighted by Crippen LogP contribution is 2.22. The monoisotopic (exact) mass is 529 g/mol. The van der Waals surface area contributed by atoms with E-state index in [0.717, 1.165) is 19.3 Å². The van der Waals surface area contributed by atoms with Gasteiger partial charge in [-0.1, -0.05) is 19.8 Å². The van der Waals surface area contributed by atoms with E-state index in [1.54, 1.807) is 24.3 Å². The zero-order chi connectivity index (χ0) is 26.0. The first-order valence-electron chi connectivity index (χ1n) is 11.2. The molecule has 0 fully saturated rings. The second-order valence-corrected chi connectivity index (χ2v) is 9.62. The summed E-state index contributed by atoms with van der Waals surface area (Å²) in [5, 5.41) is 5.52. The number of benzene rings is 2. The van der Waals surface area contributed by atoms with Crippen LogP contribution in [0.25, 0.3) is 0 Å². The number of hydrogen-bond acceptors (Lipinski definition) is 8. The van der Waals surface area contributed by atoms with E-state index in [9.17, 15) is 13.2 Å². The SMILES string of the molecule is CCCCCOc1ccc(C(=O)NC(=S)Nc2ccc(S(=O)(=O)Nc3nccnc3OC)cc2)cc1. The summed E-state index contributed by atoms with van der Waals surface area (Å²) in [7, 11) is -2.57. The number of methoxy groups -OCH3 is 1. The lowest BCUT2D eigenvalue weighted by atomic mass is 10.2. The van der Waals surface area contributed by atoms with Gasteiger partial charge in [-0.15, -0.1) is 0 Å². The van der Waals surface area contributed by atoms with Crippen LogP contribution in [-0.2, 0) is 10.0 Å². The normalized spacial score (nSPS) is 10.8. The number of carbonyl (C=O) groups is 1. The summed E-state index contributed by atoms with van der Waals surface area (Å²) in [6.07, 6.45) is 5.95. The van der Waals surface area contributed by atoms with E-state index in [2.05, 4.69) is 32.2 Å². The number of nitrogens with one attached hydrogen (secondary N) is 3. The lowest BCUT2D eigenvalue weighted by Crippen LogP contribution is -2.34. The number of amides is 1. The van der Waals surface area contributed by atoms with Crippen molar-refractivity contribution in [3.05, 3.63) is 66.5 Å². The fourth-order valence-corrected chi connectivity index (χ4v) is 4.25. The van der Waals surface area contributed by atoms with Gasteiger partial charge in [-0.25, -0.2) is 18.4 Å². The van der Waals surface area contributed by atoms with Crippen LogP contribution in [0.4, 0.5) is 11.5 Å². The van der Waals surface area contributed by atoms with Crippen LogP contribution in [0.3, 0.4) is 0 Å². The summed E-state index contributed by atoms with van der Waals surface area (Å²) >= 11 is 5.21. The maximum absolute atomic E-state index is 12.7. The number of anilines is 2. The lowest BCUT2D eigenvalue weighted by Gasteiger charge is -2.12. The molecule has 0 radical (unpaired) electrons. The predicted molar refractivity (Wildman–Crippen MR) is 141 cm³/mol. The Balaban J connectivity index is 1.54. The highest BCUT2D eigenvalue weighted by Gasteiger charge is 2.18. The zero-order valence-corrected chi connectivity index (χ0v) is 21.5. The standard InChI is InChI=1S/C24H27N5O5S2/c1-3-4-5-16-34-19-10-6-17(7-11-19)22(30)28-24(35)27-18-8-12-20(13-9-18)36(31,32)29-21-23(33-2)26-15-14-25-21/h6-15H,3-5,16H2,1-2H3,(H,25,29)(H2,27,28,30,35). The van der Waals surface area contributed by atoms with E-state index < -0.39 is 10.0 Å². The smallest absolute Gasteiger partial charge is 0.263 e. The van der Waals surface area contributed by atoms with Crippen molar-refractivity contribution in [3.63, 3.8) is 0 Å². The zero-order valence-electron chi connectivity index (χ0n) is 19.9. The van der Waals surface area contributed by atoms with Crippen LogP contribution in [-0.4, -0.2) is 43.1 Å². The molecular formula is C24H27N5O5S2. The third-order valence-corrected chi connectivity index (χ3v) is 6.43. The maximum atomic E-state index is 12.7. The number of rotatable bonds is 11. The molecule has 3 aromatic rings. The van der Waals surface area contributed by atoms with Gasteiger partial charge in [0, 0.05) is 23.6 Å². The number of carbonyl (C=O) groups excluding carboxylic acids is 1. The van der Waals surface area contributed by atoms with Gasteiger partial charge in [0.25, 0.3) is 21.8 Å². The van der Waals surface area contributed by atoms with Crippen LogP contribution in [0.5, 0.6) is 11.6 Å². The minimum absolute atomic E-state index is 0.00675. The Kier molecular flexibility index (Phi) is 9.53. The van der Waals surface area contributed by atoms with Crippen LogP contribution < -0.4 is 24.8 Å². The fourth-order valence-electron chi connectivity index (χ4n) is 3.03. The van der Waals surface area contributed by atoms with Gasteiger partial charge in [-0.3, -0.25) is 14.8 Å². The summed E-state index contributed by atoms with van der Waals surface area (Å²) in [5.74, 6) is 0.341. The molecule has 1 heterocycles. The first-order chi connectivity index (χ1) is 17.3. The van der Waals surface area contributed by atoms with Crippen LogP contribution in [0.1, 0.15) is 36.5 Å². The Hall–Kier alpha value is -3.77. The highest BCUT2D eigenvalue weighted by molar-refractivity contribution is 7.92. The molecular weight excluding hydrogens is 502 g/mol. The highest BCUT2D eigenvalue weighted by atomic mass is 32.2. The van der Waals surface area contributed by atoms with Crippen LogP contribution in [0.15, 0.2) is 65.8 Å². The first-order valence-corrected chi connectivity index (χ1v) is 13.0. The molecule has 36 heavy (non-hydrogen) atoms. The largest absolute Gasteiger partial charge is 0.494 e. The molecule has 0 bridgehead atoms. The van der Waals surface area contributed by atoms with Crippen LogP contribution in [0.2, 0.25) is 0 Å². The third kappa shape index (κ3) is 7.62. The minimum Gasteiger partial charge on any atom is -0.494 e. The second-order valence-electron chi connectivity index (χ2n) is 7.53. The van der Waals surface area contributed by atoms with E-state index in [1.807, 2.05) is 0 Å². The number of aromatic nitrogens is 2. The van der Waals surface area contributed by atoms with Crippen molar-refractivity contribution in [3.8, 4) is 11.6 Å². The van der Waals surface area contributed by atoms with Gasteiger partial charge in [0.05, 0.1) is 18.6 Å². The topological polar surface area (TPSA) is 132 Å². The number of hydrogen-bond donors (Lipinski definition) is 3. The van der Waals surface area contributed by atoms with Crippen molar-refractivity contribution in [2.45, 2.75) is 31.1 Å². The Morgan fingerprint density at radius 3 is 2.36 bits per heavy atom. The molecule has 12 heteroatoms. The predicted octanol–water partition coefficient (Wildman–Crippen LogP) is 3.98. The van der Waals surface area contributed by atoms with Crippen molar-refractivity contribution < 1.29 is 22.7 Å². The molecule has 1 aromatic heterocycles. The summed E-state index contributed by atoms with van der Waals surface area (Å²) in [4.78, 5) is 20.3. The molecule has 0 saturated heterocycles. The quantitative estimate of drug-likeness (QED) is 0.249. The fraction of sp³-hybridized carbons (Fsp3) is 0.250. The van der Waals surface area contributed by atoms with Crippen LogP contribution in [0, 0.1) is 0 Å². The van der Waals surface area contributed by atoms with E-state index in [4.69, 9.17) is 21.7 Å². The van der Waals surface area contributed by atoms with Gasteiger partial charge in [-0.05, 0) is 67.2 Å². The third-order valence-electron chi connectivity index (χ3n) is 4.87. The summed E-state index contributed by atoms with van der Waals surface area (Å²) < 4.78 is 38.4.